The highest BCUT2D eigenvalue weighted by molar-refractivity contribution is 7.16. The SMILES string of the molecule is CCc1c(C)sc(NC(=O)c2cccc(OCC(C)C)c2)c1C(N)=O. The van der Waals surface area contributed by atoms with E-state index in [1.165, 1.54) is 11.3 Å². The van der Waals surface area contributed by atoms with Gasteiger partial charge < -0.3 is 15.8 Å². The van der Waals surface area contributed by atoms with E-state index in [1.54, 1.807) is 18.2 Å². The smallest absolute Gasteiger partial charge is 0.256 e. The number of nitrogens with two attached hydrogens (primary N) is 1. The minimum atomic E-state index is -0.523. The van der Waals surface area contributed by atoms with Crippen molar-refractivity contribution in [1.82, 2.24) is 0 Å². The number of hydrogen-bond acceptors (Lipinski definition) is 4. The van der Waals surface area contributed by atoms with Crippen LogP contribution in [0.5, 0.6) is 5.75 Å². The number of carbonyl (C=O) groups is 2. The molecule has 2 aromatic rings. The number of nitrogens with one attached hydrogen (secondary N) is 1. The first-order chi connectivity index (χ1) is 11.8. The van der Waals surface area contributed by atoms with Crippen LogP contribution in [0.25, 0.3) is 0 Å². The fraction of sp³-hybridized carbons (Fsp3) is 0.368. The molecule has 0 bridgehead atoms. The zero-order chi connectivity index (χ0) is 18.6. The fourth-order valence-electron chi connectivity index (χ4n) is 2.52. The minimum Gasteiger partial charge on any atom is -0.493 e. The second kappa shape index (κ2) is 8.16. The lowest BCUT2D eigenvalue weighted by Gasteiger charge is -2.10. The Morgan fingerprint density at radius 3 is 2.64 bits per heavy atom. The third-order valence-electron chi connectivity index (χ3n) is 3.72. The summed E-state index contributed by atoms with van der Waals surface area (Å²) in [5.41, 5.74) is 7.28. The summed E-state index contributed by atoms with van der Waals surface area (Å²) in [6.45, 7) is 8.59. The third kappa shape index (κ3) is 4.60. The molecule has 5 nitrogen and oxygen atoms in total. The van der Waals surface area contributed by atoms with E-state index in [-0.39, 0.29) is 5.91 Å². The third-order valence-corrected chi connectivity index (χ3v) is 4.78. The van der Waals surface area contributed by atoms with Crippen LogP contribution in [0, 0.1) is 12.8 Å². The average molecular weight is 360 g/mol. The predicted octanol–water partition coefficient (Wildman–Crippen LogP) is 4.00. The molecule has 0 saturated carbocycles. The number of rotatable bonds is 7. The second-order valence-electron chi connectivity index (χ2n) is 6.25. The molecule has 0 aliphatic carbocycles. The second-order valence-corrected chi connectivity index (χ2v) is 7.47. The van der Waals surface area contributed by atoms with Gasteiger partial charge >= 0.3 is 0 Å². The van der Waals surface area contributed by atoms with E-state index in [0.29, 0.717) is 40.8 Å². The Hall–Kier alpha value is -2.34. The first-order valence-corrected chi connectivity index (χ1v) is 9.11. The standard InChI is InChI=1S/C19H24N2O3S/c1-5-15-12(4)25-19(16(15)17(20)22)21-18(23)13-7-6-8-14(9-13)24-10-11(2)3/h6-9,11H,5,10H2,1-4H3,(H2,20,22)(H,21,23). The van der Waals surface area contributed by atoms with E-state index in [9.17, 15) is 9.59 Å². The number of aryl methyl sites for hydroxylation is 1. The summed E-state index contributed by atoms with van der Waals surface area (Å²) in [6.07, 6.45) is 0.689. The Balaban J connectivity index is 2.23. The molecule has 3 N–H and O–H groups in total. The molecular weight excluding hydrogens is 336 g/mol. The maximum Gasteiger partial charge on any atom is 0.256 e. The van der Waals surface area contributed by atoms with Crippen LogP contribution in [0.4, 0.5) is 5.00 Å². The lowest BCUT2D eigenvalue weighted by atomic mass is 10.1. The van der Waals surface area contributed by atoms with Crippen LogP contribution < -0.4 is 15.8 Å². The maximum absolute atomic E-state index is 12.6. The molecule has 1 heterocycles. The molecule has 0 radical (unpaired) electrons. The van der Waals surface area contributed by atoms with Gasteiger partial charge in [-0.3, -0.25) is 9.59 Å². The largest absolute Gasteiger partial charge is 0.493 e. The normalized spacial score (nSPS) is 10.8. The van der Waals surface area contributed by atoms with Gasteiger partial charge in [-0.25, -0.2) is 0 Å². The molecule has 2 rings (SSSR count). The number of amides is 2. The number of hydrogen-bond donors (Lipinski definition) is 2. The van der Waals surface area contributed by atoms with Crippen molar-refractivity contribution in [2.24, 2.45) is 11.7 Å². The zero-order valence-electron chi connectivity index (χ0n) is 15.0. The fourth-order valence-corrected chi connectivity index (χ4v) is 3.66. The molecule has 2 amide bonds. The summed E-state index contributed by atoms with van der Waals surface area (Å²) in [4.78, 5) is 25.4. The van der Waals surface area contributed by atoms with E-state index in [1.807, 2.05) is 19.9 Å². The van der Waals surface area contributed by atoms with Gasteiger partial charge in [-0.15, -0.1) is 11.3 Å². The molecule has 0 saturated heterocycles. The number of primary amides is 1. The van der Waals surface area contributed by atoms with Crippen molar-refractivity contribution in [1.29, 1.82) is 0 Å². The molecule has 1 aromatic carbocycles. The van der Waals surface area contributed by atoms with E-state index in [4.69, 9.17) is 10.5 Å². The minimum absolute atomic E-state index is 0.290. The Bertz CT molecular complexity index is 781. The van der Waals surface area contributed by atoms with Crippen LogP contribution in [0.15, 0.2) is 24.3 Å². The summed E-state index contributed by atoms with van der Waals surface area (Å²) in [7, 11) is 0. The Labute approximate surface area is 152 Å². The lowest BCUT2D eigenvalue weighted by molar-refractivity contribution is 0.100. The molecule has 134 valence electrons. The summed E-state index contributed by atoms with van der Waals surface area (Å²) in [5, 5.41) is 3.32. The van der Waals surface area contributed by atoms with Gasteiger partial charge in [0.25, 0.3) is 11.8 Å². The first-order valence-electron chi connectivity index (χ1n) is 8.29. The number of ether oxygens (including phenoxy) is 1. The number of anilines is 1. The summed E-state index contributed by atoms with van der Waals surface area (Å²) in [5.74, 6) is 0.233. The highest BCUT2D eigenvalue weighted by atomic mass is 32.1. The van der Waals surface area contributed by atoms with E-state index in [2.05, 4.69) is 19.2 Å². The average Bonchev–Trinajstić information content (AvgIpc) is 2.88. The lowest BCUT2D eigenvalue weighted by Crippen LogP contribution is -2.18. The Morgan fingerprint density at radius 2 is 2.04 bits per heavy atom. The molecule has 0 aliphatic heterocycles. The zero-order valence-corrected chi connectivity index (χ0v) is 15.8. The Kier molecular flexibility index (Phi) is 6.20. The van der Waals surface area contributed by atoms with Crippen molar-refractivity contribution in [3.8, 4) is 5.75 Å². The van der Waals surface area contributed by atoms with Crippen molar-refractivity contribution in [3.63, 3.8) is 0 Å². The van der Waals surface area contributed by atoms with E-state index >= 15 is 0 Å². The molecule has 0 aliphatic rings. The van der Waals surface area contributed by atoms with Gasteiger partial charge in [0.05, 0.1) is 12.2 Å². The van der Waals surface area contributed by atoms with Crippen molar-refractivity contribution in [2.45, 2.75) is 34.1 Å². The maximum atomic E-state index is 12.6. The monoisotopic (exact) mass is 360 g/mol. The number of carbonyl (C=O) groups excluding carboxylic acids is 2. The first kappa shape index (κ1) is 19.0. The predicted molar refractivity (Wildman–Crippen MR) is 102 cm³/mol. The topological polar surface area (TPSA) is 81.4 Å². The van der Waals surface area contributed by atoms with Crippen molar-refractivity contribution in [3.05, 3.63) is 45.8 Å². The Morgan fingerprint density at radius 1 is 1.32 bits per heavy atom. The van der Waals surface area contributed by atoms with Crippen LogP contribution in [0.1, 0.15) is 51.9 Å². The van der Waals surface area contributed by atoms with Gasteiger partial charge in [0, 0.05) is 10.4 Å². The number of thiophene rings is 1. The summed E-state index contributed by atoms with van der Waals surface area (Å²) < 4.78 is 5.66. The highest BCUT2D eigenvalue weighted by Gasteiger charge is 2.21. The van der Waals surface area contributed by atoms with Gasteiger partial charge in [-0.05, 0) is 43.0 Å². The molecule has 1 aromatic heterocycles. The molecule has 0 unspecified atom stereocenters. The van der Waals surface area contributed by atoms with Crippen LogP contribution in [-0.4, -0.2) is 18.4 Å². The molecule has 0 fully saturated rings. The van der Waals surface area contributed by atoms with Crippen LogP contribution in [0.2, 0.25) is 0 Å². The van der Waals surface area contributed by atoms with Crippen molar-refractivity contribution >= 4 is 28.2 Å². The van der Waals surface area contributed by atoms with Gasteiger partial charge in [-0.2, -0.15) is 0 Å². The van der Waals surface area contributed by atoms with Crippen LogP contribution in [0.3, 0.4) is 0 Å². The van der Waals surface area contributed by atoms with Crippen LogP contribution in [-0.2, 0) is 6.42 Å². The number of benzene rings is 1. The quantitative estimate of drug-likeness (QED) is 0.783. The molecule has 6 heteroatoms. The van der Waals surface area contributed by atoms with Crippen molar-refractivity contribution in [2.75, 3.05) is 11.9 Å². The highest BCUT2D eigenvalue weighted by Crippen LogP contribution is 2.33. The van der Waals surface area contributed by atoms with Gasteiger partial charge in [0.2, 0.25) is 0 Å². The molecule has 25 heavy (non-hydrogen) atoms. The molecular formula is C19H24N2O3S. The van der Waals surface area contributed by atoms with Gasteiger partial charge in [0.15, 0.2) is 0 Å². The molecule has 0 atom stereocenters. The summed E-state index contributed by atoms with van der Waals surface area (Å²) in [6, 6.07) is 7.00. The van der Waals surface area contributed by atoms with Crippen LogP contribution >= 0.6 is 11.3 Å². The summed E-state index contributed by atoms with van der Waals surface area (Å²) >= 11 is 1.37. The van der Waals surface area contributed by atoms with Gasteiger partial charge in [0.1, 0.15) is 10.8 Å². The molecule has 0 spiro atoms. The van der Waals surface area contributed by atoms with Gasteiger partial charge in [-0.1, -0.05) is 26.8 Å². The van der Waals surface area contributed by atoms with Crippen molar-refractivity contribution < 1.29 is 14.3 Å². The van der Waals surface area contributed by atoms with E-state index < -0.39 is 5.91 Å². The van der Waals surface area contributed by atoms with E-state index in [0.717, 1.165) is 10.4 Å².